The number of rotatable bonds is 5. The molecule has 0 fully saturated rings. The van der Waals surface area contributed by atoms with Gasteiger partial charge in [-0.3, -0.25) is 0 Å². The Kier molecular flexibility index (Phi) is 4.27. The van der Waals surface area contributed by atoms with E-state index < -0.39 is 5.97 Å². The fourth-order valence-electron chi connectivity index (χ4n) is 3.09. The second-order valence-corrected chi connectivity index (χ2v) is 5.99. The average molecular weight is 345 g/mol. The Labute approximate surface area is 151 Å². The summed E-state index contributed by atoms with van der Waals surface area (Å²) in [6.07, 6.45) is 0. The number of carbonyl (C=O) groups excluding carboxylic acids is 1. The van der Waals surface area contributed by atoms with E-state index in [4.69, 9.17) is 4.74 Å². The molecule has 0 spiro atoms. The lowest BCUT2D eigenvalue weighted by atomic mass is 10.1. The van der Waals surface area contributed by atoms with E-state index in [9.17, 15) is 4.79 Å². The molecule has 0 amide bonds. The third kappa shape index (κ3) is 2.99. The summed E-state index contributed by atoms with van der Waals surface area (Å²) in [5.74, 6) is -0.402. The van der Waals surface area contributed by atoms with E-state index in [1.54, 1.807) is 13.0 Å². The highest BCUT2D eigenvalue weighted by atomic mass is 16.5. The van der Waals surface area contributed by atoms with Crippen molar-refractivity contribution in [2.75, 3.05) is 11.9 Å². The molecule has 0 bridgehead atoms. The van der Waals surface area contributed by atoms with E-state index in [0.29, 0.717) is 18.8 Å². The molecule has 0 aliphatic rings. The van der Waals surface area contributed by atoms with Crippen molar-refractivity contribution in [2.24, 2.45) is 0 Å². The Morgan fingerprint density at radius 1 is 1.08 bits per heavy atom. The number of fused-ring (bicyclic) bond motifs is 3. The lowest BCUT2D eigenvalue weighted by molar-refractivity contribution is 0.0519. The van der Waals surface area contributed by atoms with Crippen molar-refractivity contribution in [3.8, 4) is 0 Å². The summed E-state index contributed by atoms with van der Waals surface area (Å²) >= 11 is 0. The molecule has 5 nitrogen and oxygen atoms in total. The van der Waals surface area contributed by atoms with Crippen LogP contribution >= 0.6 is 0 Å². The Morgan fingerprint density at radius 2 is 1.85 bits per heavy atom. The molecule has 0 saturated heterocycles. The van der Waals surface area contributed by atoms with Crippen LogP contribution in [0.25, 0.3) is 21.8 Å². The van der Waals surface area contributed by atoms with Crippen LogP contribution in [0.1, 0.15) is 23.1 Å². The van der Waals surface area contributed by atoms with Crippen LogP contribution in [0.4, 0.5) is 5.69 Å². The molecular weight excluding hydrogens is 326 g/mol. The summed E-state index contributed by atoms with van der Waals surface area (Å²) in [6, 6.07) is 19.8. The Morgan fingerprint density at radius 3 is 2.65 bits per heavy atom. The maximum atomic E-state index is 12.3. The minimum Gasteiger partial charge on any atom is -0.461 e. The van der Waals surface area contributed by atoms with Crippen LogP contribution in [0.5, 0.6) is 0 Å². The standard InChI is InChI=1S/C21H19N3O2/c1-2-26-21(25)18-12-16-15-10-6-7-11-17(15)24-20(16)19(23-18)13-22-14-8-4-3-5-9-14/h3-12,22,24H,2,13H2,1H3. The van der Waals surface area contributed by atoms with Crippen LogP contribution < -0.4 is 5.32 Å². The highest BCUT2D eigenvalue weighted by molar-refractivity contribution is 6.09. The number of ether oxygens (including phenoxy) is 1. The van der Waals surface area contributed by atoms with Crippen LogP contribution in [-0.4, -0.2) is 22.5 Å². The molecule has 0 saturated carbocycles. The zero-order chi connectivity index (χ0) is 17.9. The number of aromatic nitrogens is 2. The SMILES string of the molecule is CCOC(=O)c1cc2c([nH]c3ccccc32)c(CNc2ccccc2)n1. The number of esters is 1. The van der Waals surface area contributed by atoms with Gasteiger partial charge in [0.15, 0.2) is 0 Å². The first-order chi connectivity index (χ1) is 12.8. The second kappa shape index (κ2) is 6.88. The van der Waals surface area contributed by atoms with Gasteiger partial charge in [0.25, 0.3) is 0 Å². The largest absolute Gasteiger partial charge is 0.461 e. The molecule has 130 valence electrons. The van der Waals surface area contributed by atoms with Crippen LogP contribution in [0.15, 0.2) is 60.7 Å². The molecule has 2 N–H and O–H groups in total. The van der Waals surface area contributed by atoms with Crippen LogP contribution in [-0.2, 0) is 11.3 Å². The lowest BCUT2D eigenvalue weighted by Crippen LogP contribution is -2.10. The Bertz CT molecular complexity index is 1070. The van der Waals surface area contributed by atoms with Gasteiger partial charge in [0, 0.05) is 22.0 Å². The van der Waals surface area contributed by atoms with Crippen molar-refractivity contribution in [3.05, 3.63) is 72.1 Å². The lowest BCUT2D eigenvalue weighted by Gasteiger charge is -2.09. The number of hydrogen-bond donors (Lipinski definition) is 2. The zero-order valence-electron chi connectivity index (χ0n) is 14.5. The molecule has 4 rings (SSSR count). The molecule has 5 heteroatoms. The molecule has 0 unspecified atom stereocenters. The highest BCUT2D eigenvalue weighted by Gasteiger charge is 2.16. The molecule has 2 aromatic heterocycles. The van der Waals surface area contributed by atoms with Gasteiger partial charge < -0.3 is 15.0 Å². The highest BCUT2D eigenvalue weighted by Crippen LogP contribution is 2.28. The number of benzene rings is 2. The number of nitrogens with zero attached hydrogens (tertiary/aromatic N) is 1. The van der Waals surface area contributed by atoms with Crippen LogP contribution in [0, 0.1) is 0 Å². The van der Waals surface area contributed by atoms with Crippen molar-refractivity contribution >= 4 is 33.5 Å². The normalized spacial score (nSPS) is 11.0. The van der Waals surface area contributed by atoms with E-state index in [-0.39, 0.29) is 0 Å². The van der Waals surface area contributed by atoms with Crippen molar-refractivity contribution in [2.45, 2.75) is 13.5 Å². The molecule has 2 aromatic carbocycles. The summed E-state index contributed by atoms with van der Waals surface area (Å²) in [4.78, 5) is 20.2. The van der Waals surface area contributed by atoms with Crippen LogP contribution in [0.3, 0.4) is 0 Å². The zero-order valence-corrected chi connectivity index (χ0v) is 14.5. The molecule has 0 radical (unpaired) electrons. The predicted octanol–water partition coefficient (Wildman–Crippen LogP) is 4.50. The quantitative estimate of drug-likeness (QED) is 0.523. The Balaban J connectivity index is 1.81. The van der Waals surface area contributed by atoms with Gasteiger partial charge in [0.1, 0.15) is 5.69 Å². The van der Waals surface area contributed by atoms with Gasteiger partial charge in [0.05, 0.1) is 24.4 Å². The minimum absolute atomic E-state index is 0.323. The topological polar surface area (TPSA) is 67.0 Å². The third-order valence-corrected chi connectivity index (χ3v) is 4.29. The van der Waals surface area contributed by atoms with Gasteiger partial charge in [-0.15, -0.1) is 0 Å². The first-order valence-corrected chi connectivity index (χ1v) is 8.62. The molecule has 0 aliphatic heterocycles. The number of aromatic amines is 1. The van der Waals surface area contributed by atoms with Gasteiger partial charge in [-0.25, -0.2) is 9.78 Å². The number of pyridine rings is 1. The van der Waals surface area contributed by atoms with E-state index in [2.05, 4.69) is 15.3 Å². The summed E-state index contributed by atoms with van der Waals surface area (Å²) in [5.41, 5.74) is 4.06. The summed E-state index contributed by atoms with van der Waals surface area (Å²) in [6.45, 7) is 2.62. The maximum Gasteiger partial charge on any atom is 0.356 e. The monoisotopic (exact) mass is 345 g/mol. The first kappa shape index (κ1) is 16.1. The average Bonchev–Trinajstić information content (AvgIpc) is 3.06. The van der Waals surface area contributed by atoms with Gasteiger partial charge in [-0.05, 0) is 31.2 Å². The van der Waals surface area contributed by atoms with Gasteiger partial charge in [-0.2, -0.15) is 0 Å². The number of nitrogens with one attached hydrogen (secondary N) is 2. The molecular formula is C21H19N3O2. The maximum absolute atomic E-state index is 12.3. The summed E-state index contributed by atoms with van der Waals surface area (Å²) < 4.78 is 5.15. The van der Waals surface area contributed by atoms with Crippen molar-refractivity contribution in [3.63, 3.8) is 0 Å². The Hall–Kier alpha value is -3.34. The minimum atomic E-state index is -0.402. The molecule has 26 heavy (non-hydrogen) atoms. The molecule has 2 heterocycles. The fourth-order valence-corrected chi connectivity index (χ4v) is 3.09. The summed E-state index contributed by atoms with van der Waals surface area (Å²) in [7, 11) is 0. The van der Waals surface area contributed by atoms with Crippen molar-refractivity contribution in [1.29, 1.82) is 0 Å². The fraction of sp³-hybridized carbons (Fsp3) is 0.143. The van der Waals surface area contributed by atoms with Crippen molar-refractivity contribution in [1.82, 2.24) is 9.97 Å². The first-order valence-electron chi connectivity index (χ1n) is 8.62. The number of hydrogen-bond acceptors (Lipinski definition) is 4. The van der Waals surface area contributed by atoms with Gasteiger partial charge >= 0.3 is 5.97 Å². The van der Waals surface area contributed by atoms with Gasteiger partial charge in [0.2, 0.25) is 0 Å². The van der Waals surface area contributed by atoms with Crippen LogP contribution in [0.2, 0.25) is 0 Å². The smallest absolute Gasteiger partial charge is 0.356 e. The van der Waals surface area contributed by atoms with E-state index in [1.807, 2.05) is 54.6 Å². The van der Waals surface area contributed by atoms with E-state index >= 15 is 0 Å². The number of para-hydroxylation sites is 2. The van der Waals surface area contributed by atoms with Crippen molar-refractivity contribution < 1.29 is 9.53 Å². The van der Waals surface area contributed by atoms with E-state index in [1.165, 1.54) is 0 Å². The predicted molar refractivity (Wildman–Crippen MR) is 103 cm³/mol. The second-order valence-electron chi connectivity index (χ2n) is 5.99. The van der Waals surface area contributed by atoms with Gasteiger partial charge in [-0.1, -0.05) is 36.4 Å². The molecule has 0 aliphatic carbocycles. The molecule has 4 aromatic rings. The number of carbonyl (C=O) groups is 1. The number of H-pyrrole nitrogens is 1. The number of anilines is 1. The summed E-state index contributed by atoms with van der Waals surface area (Å²) in [5, 5.41) is 5.40. The third-order valence-electron chi connectivity index (χ3n) is 4.29. The van der Waals surface area contributed by atoms with E-state index in [0.717, 1.165) is 33.2 Å². The molecule has 0 atom stereocenters.